The van der Waals surface area contributed by atoms with Crippen LogP contribution in [0.5, 0.6) is 23.0 Å². The Morgan fingerprint density at radius 3 is 2.60 bits per heavy atom. The summed E-state index contributed by atoms with van der Waals surface area (Å²) in [7, 11) is 1.56. The first-order valence-electron chi connectivity index (χ1n) is 6.21. The number of methoxy groups -OCH3 is 1. The standard InChI is InChI=1S/C16H14O4/c1-19-16-8-13(18)4-5-14(16)11-6-10-2-3-12(17)7-15(10)20-9-11/h2-8,17-18H,9H2,1H3. The van der Waals surface area contributed by atoms with Gasteiger partial charge in [0, 0.05) is 28.8 Å². The molecule has 0 fully saturated rings. The molecule has 0 unspecified atom stereocenters. The van der Waals surface area contributed by atoms with Crippen LogP contribution in [-0.2, 0) is 0 Å². The second-order valence-electron chi connectivity index (χ2n) is 4.56. The predicted octanol–water partition coefficient (Wildman–Crippen LogP) is 3.04. The van der Waals surface area contributed by atoms with Gasteiger partial charge in [0.05, 0.1) is 7.11 Å². The highest BCUT2D eigenvalue weighted by atomic mass is 16.5. The van der Waals surface area contributed by atoms with Gasteiger partial charge in [-0.2, -0.15) is 0 Å². The molecule has 0 radical (unpaired) electrons. The van der Waals surface area contributed by atoms with Crippen LogP contribution in [0.3, 0.4) is 0 Å². The number of benzene rings is 2. The molecule has 4 nitrogen and oxygen atoms in total. The minimum atomic E-state index is 0.160. The predicted molar refractivity (Wildman–Crippen MR) is 76.1 cm³/mol. The highest BCUT2D eigenvalue weighted by Crippen LogP contribution is 2.36. The second kappa shape index (κ2) is 4.81. The van der Waals surface area contributed by atoms with Crippen molar-refractivity contribution in [1.82, 2.24) is 0 Å². The van der Waals surface area contributed by atoms with Crippen molar-refractivity contribution in [3.63, 3.8) is 0 Å². The van der Waals surface area contributed by atoms with Gasteiger partial charge in [-0.3, -0.25) is 0 Å². The summed E-state index contributed by atoms with van der Waals surface area (Å²) < 4.78 is 10.9. The van der Waals surface area contributed by atoms with Crippen LogP contribution in [0, 0.1) is 0 Å². The molecule has 4 heteroatoms. The molecular weight excluding hydrogens is 256 g/mol. The van der Waals surface area contributed by atoms with E-state index in [0.717, 1.165) is 16.7 Å². The molecule has 2 aromatic rings. The fourth-order valence-electron chi connectivity index (χ4n) is 2.25. The van der Waals surface area contributed by atoms with E-state index in [1.807, 2.05) is 6.08 Å². The molecule has 0 spiro atoms. The number of aromatic hydroxyl groups is 2. The van der Waals surface area contributed by atoms with Gasteiger partial charge in [-0.1, -0.05) is 0 Å². The van der Waals surface area contributed by atoms with E-state index in [2.05, 4.69) is 0 Å². The highest BCUT2D eigenvalue weighted by Gasteiger charge is 2.16. The summed E-state index contributed by atoms with van der Waals surface area (Å²) >= 11 is 0. The van der Waals surface area contributed by atoms with Gasteiger partial charge in [0.2, 0.25) is 0 Å². The first-order chi connectivity index (χ1) is 9.67. The van der Waals surface area contributed by atoms with Crippen molar-refractivity contribution in [1.29, 1.82) is 0 Å². The van der Waals surface area contributed by atoms with E-state index in [0.29, 0.717) is 18.1 Å². The Labute approximate surface area is 116 Å². The molecule has 1 aliphatic rings. The Morgan fingerprint density at radius 2 is 1.80 bits per heavy atom. The summed E-state index contributed by atoms with van der Waals surface area (Å²) in [4.78, 5) is 0. The first kappa shape index (κ1) is 12.4. The van der Waals surface area contributed by atoms with Crippen molar-refractivity contribution in [3.05, 3.63) is 47.5 Å². The van der Waals surface area contributed by atoms with Gasteiger partial charge in [-0.25, -0.2) is 0 Å². The van der Waals surface area contributed by atoms with Gasteiger partial charge in [-0.15, -0.1) is 0 Å². The largest absolute Gasteiger partial charge is 0.508 e. The van der Waals surface area contributed by atoms with Crippen LogP contribution < -0.4 is 9.47 Å². The van der Waals surface area contributed by atoms with E-state index >= 15 is 0 Å². The molecular formula is C16H14O4. The summed E-state index contributed by atoms with van der Waals surface area (Å²) in [5, 5.41) is 18.9. The summed E-state index contributed by atoms with van der Waals surface area (Å²) in [5.41, 5.74) is 2.74. The van der Waals surface area contributed by atoms with Gasteiger partial charge in [0.15, 0.2) is 0 Å². The number of fused-ring (bicyclic) bond motifs is 1. The SMILES string of the molecule is COc1cc(O)ccc1C1=Cc2ccc(O)cc2OC1. The number of phenols is 2. The maximum atomic E-state index is 9.50. The van der Waals surface area contributed by atoms with Gasteiger partial charge >= 0.3 is 0 Å². The van der Waals surface area contributed by atoms with Crippen LogP contribution in [-0.4, -0.2) is 23.9 Å². The van der Waals surface area contributed by atoms with Crippen molar-refractivity contribution in [2.45, 2.75) is 0 Å². The van der Waals surface area contributed by atoms with Gasteiger partial charge in [0.25, 0.3) is 0 Å². The zero-order chi connectivity index (χ0) is 14.1. The normalized spacial score (nSPS) is 13.2. The van der Waals surface area contributed by atoms with E-state index in [1.165, 1.54) is 0 Å². The van der Waals surface area contributed by atoms with Gasteiger partial charge < -0.3 is 19.7 Å². The van der Waals surface area contributed by atoms with Crippen molar-refractivity contribution in [3.8, 4) is 23.0 Å². The monoisotopic (exact) mass is 270 g/mol. The molecule has 1 heterocycles. The summed E-state index contributed by atoms with van der Waals surface area (Å²) in [6, 6.07) is 10.0. The smallest absolute Gasteiger partial charge is 0.130 e. The Kier molecular flexibility index (Phi) is 2.99. The molecule has 20 heavy (non-hydrogen) atoms. The molecule has 2 aromatic carbocycles. The Morgan fingerprint density at radius 1 is 1.05 bits per heavy atom. The fraction of sp³-hybridized carbons (Fsp3) is 0.125. The number of phenolic OH excluding ortho intramolecular Hbond substituents is 2. The number of hydrogen-bond acceptors (Lipinski definition) is 4. The maximum Gasteiger partial charge on any atom is 0.130 e. The van der Waals surface area contributed by atoms with Crippen molar-refractivity contribution < 1.29 is 19.7 Å². The van der Waals surface area contributed by atoms with E-state index in [9.17, 15) is 10.2 Å². The van der Waals surface area contributed by atoms with Crippen LogP contribution in [0.1, 0.15) is 11.1 Å². The number of ether oxygens (including phenoxy) is 2. The molecule has 3 rings (SSSR count). The lowest BCUT2D eigenvalue weighted by molar-refractivity contribution is 0.360. The van der Waals surface area contributed by atoms with Crippen LogP contribution >= 0.6 is 0 Å². The van der Waals surface area contributed by atoms with E-state index < -0.39 is 0 Å². The fourth-order valence-corrected chi connectivity index (χ4v) is 2.25. The molecule has 0 atom stereocenters. The van der Waals surface area contributed by atoms with Crippen LogP contribution in [0.2, 0.25) is 0 Å². The number of rotatable bonds is 2. The zero-order valence-electron chi connectivity index (χ0n) is 11.0. The van der Waals surface area contributed by atoms with E-state index in [1.54, 1.807) is 43.5 Å². The molecule has 0 bridgehead atoms. The third-order valence-electron chi connectivity index (χ3n) is 3.24. The van der Waals surface area contributed by atoms with Gasteiger partial charge in [-0.05, 0) is 30.3 Å². The molecule has 0 aromatic heterocycles. The van der Waals surface area contributed by atoms with E-state index in [-0.39, 0.29) is 11.5 Å². The third-order valence-corrected chi connectivity index (χ3v) is 3.24. The molecule has 0 saturated heterocycles. The Bertz CT molecular complexity index is 689. The molecule has 0 saturated carbocycles. The summed E-state index contributed by atoms with van der Waals surface area (Å²) in [6.45, 7) is 0.386. The quantitative estimate of drug-likeness (QED) is 0.880. The topological polar surface area (TPSA) is 58.9 Å². The van der Waals surface area contributed by atoms with Gasteiger partial charge in [0.1, 0.15) is 29.6 Å². The lowest BCUT2D eigenvalue weighted by atomic mass is 10.00. The van der Waals surface area contributed by atoms with Crippen LogP contribution in [0.25, 0.3) is 11.6 Å². The first-order valence-corrected chi connectivity index (χ1v) is 6.21. The van der Waals surface area contributed by atoms with Crippen molar-refractivity contribution in [2.24, 2.45) is 0 Å². The Balaban J connectivity index is 2.06. The van der Waals surface area contributed by atoms with Crippen LogP contribution in [0.4, 0.5) is 0 Å². The average Bonchev–Trinajstić information content (AvgIpc) is 2.46. The Hall–Kier alpha value is -2.62. The van der Waals surface area contributed by atoms with Crippen molar-refractivity contribution in [2.75, 3.05) is 13.7 Å². The third kappa shape index (κ3) is 2.16. The highest BCUT2D eigenvalue weighted by molar-refractivity contribution is 5.88. The zero-order valence-corrected chi connectivity index (χ0v) is 11.0. The molecule has 102 valence electrons. The van der Waals surface area contributed by atoms with E-state index in [4.69, 9.17) is 9.47 Å². The molecule has 0 amide bonds. The number of hydrogen-bond donors (Lipinski definition) is 2. The van der Waals surface area contributed by atoms with Crippen molar-refractivity contribution >= 4 is 11.6 Å². The van der Waals surface area contributed by atoms with Crippen LogP contribution in [0.15, 0.2) is 36.4 Å². The minimum absolute atomic E-state index is 0.160. The molecule has 0 aliphatic carbocycles. The second-order valence-corrected chi connectivity index (χ2v) is 4.56. The minimum Gasteiger partial charge on any atom is -0.508 e. The summed E-state index contributed by atoms with van der Waals surface area (Å²) in [5.74, 6) is 1.60. The lowest BCUT2D eigenvalue weighted by Crippen LogP contribution is -2.07. The molecule has 1 aliphatic heterocycles. The molecule has 2 N–H and O–H groups in total. The summed E-state index contributed by atoms with van der Waals surface area (Å²) in [6.07, 6.45) is 1.99. The maximum absolute atomic E-state index is 9.50. The average molecular weight is 270 g/mol. The lowest BCUT2D eigenvalue weighted by Gasteiger charge is -2.19.